The summed E-state index contributed by atoms with van der Waals surface area (Å²) in [5.74, 6) is 1.04. The Kier molecular flexibility index (Phi) is 4.40. The van der Waals surface area contributed by atoms with E-state index in [1.165, 1.54) is 12.8 Å². The number of nitrogens with zero attached hydrogens (tertiary/aromatic N) is 2. The molecule has 1 amide bonds. The van der Waals surface area contributed by atoms with E-state index in [1.807, 2.05) is 4.90 Å². The lowest BCUT2D eigenvalue weighted by molar-refractivity contribution is -0.133. The number of piperidine rings is 2. The molecular formula is C13H25N3O. The molecule has 0 saturated carbocycles. The van der Waals surface area contributed by atoms with Gasteiger partial charge in [0.15, 0.2) is 0 Å². The maximum atomic E-state index is 12.1. The Morgan fingerprint density at radius 3 is 2.59 bits per heavy atom. The Hall–Kier alpha value is -0.610. The van der Waals surface area contributed by atoms with Crippen LogP contribution in [-0.4, -0.2) is 54.5 Å². The van der Waals surface area contributed by atoms with Gasteiger partial charge in [-0.05, 0) is 38.1 Å². The monoisotopic (exact) mass is 239 g/mol. The minimum atomic E-state index is 0.297. The first kappa shape index (κ1) is 12.8. The second kappa shape index (κ2) is 5.83. The molecular weight excluding hydrogens is 214 g/mol. The van der Waals surface area contributed by atoms with Crippen molar-refractivity contribution in [2.75, 3.05) is 32.7 Å². The molecule has 1 atom stereocenters. The van der Waals surface area contributed by atoms with E-state index in [1.54, 1.807) is 0 Å². The lowest BCUT2D eigenvalue weighted by Crippen LogP contribution is -2.48. The van der Waals surface area contributed by atoms with Crippen molar-refractivity contribution in [1.29, 1.82) is 0 Å². The Bertz CT molecular complexity index is 261. The lowest BCUT2D eigenvalue weighted by Gasteiger charge is -2.34. The van der Waals surface area contributed by atoms with Crippen LogP contribution in [0.3, 0.4) is 0 Å². The quantitative estimate of drug-likeness (QED) is 0.770. The van der Waals surface area contributed by atoms with E-state index in [4.69, 9.17) is 5.73 Å². The van der Waals surface area contributed by atoms with Crippen LogP contribution in [0.1, 0.15) is 32.6 Å². The molecule has 0 aliphatic carbocycles. The third kappa shape index (κ3) is 3.68. The molecule has 0 aromatic rings. The number of rotatable bonds is 2. The molecule has 98 valence electrons. The molecule has 1 unspecified atom stereocenters. The van der Waals surface area contributed by atoms with Crippen LogP contribution in [0.25, 0.3) is 0 Å². The van der Waals surface area contributed by atoms with Crippen molar-refractivity contribution < 1.29 is 4.79 Å². The van der Waals surface area contributed by atoms with Crippen molar-refractivity contribution in [3.8, 4) is 0 Å². The van der Waals surface area contributed by atoms with Gasteiger partial charge in [0.2, 0.25) is 5.91 Å². The fourth-order valence-corrected chi connectivity index (χ4v) is 2.87. The fourth-order valence-electron chi connectivity index (χ4n) is 2.87. The van der Waals surface area contributed by atoms with Crippen LogP contribution < -0.4 is 5.73 Å². The molecule has 0 spiro atoms. The van der Waals surface area contributed by atoms with Crippen molar-refractivity contribution in [3.63, 3.8) is 0 Å². The average molecular weight is 239 g/mol. The molecule has 0 radical (unpaired) electrons. The molecule has 2 aliphatic rings. The zero-order chi connectivity index (χ0) is 12.3. The van der Waals surface area contributed by atoms with Crippen LogP contribution >= 0.6 is 0 Å². The third-order valence-corrected chi connectivity index (χ3v) is 3.99. The third-order valence-electron chi connectivity index (χ3n) is 3.99. The first-order chi connectivity index (χ1) is 8.15. The first-order valence-corrected chi connectivity index (χ1v) is 6.91. The molecule has 2 N–H and O–H groups in total. The molecule has 4 heteroatoms. The van der Waals surface area contributed by atoms with Crippen LogP contribution in [0.15, 0.2) is 0 Å². The smallest absolute Gasteiger partial charge is 0.236 e. The molecule has 2 saturated heterocycles. The Morgan fingerprint density at radius 2 is 1.94 bits per heavy atom. The lowest BCUT2D eigenvalue weighted by atomic mass is 10.0. The number of carbonyl (C=O) groups excluding carboxylic acids is 1. The van der Waals surface area contributed by atoms with Gasteiger partial charge in [0, 0.05) is 25.7 Å². The van der Waals surface area contributed by atoms with Crippen molar-refractivity contribution in [1.82, 2.24) is 9.80 Å². The van der Waals surface area contributed by atoms with Gasteiger partial charge < -0.3 is 10.6 Å². The predicted octanol–water partition coefficient (Wildman–Crippen LogP) is 0.668. The van der Waals surface area contributed by atoms with E-state index in [0.29, 0.717) is 18.5 Å². The largest absolute Gasteiger partial charge is 0.341 e. The van der Waals surface area contributed by atoms with E-state index < -0.39 is 0 Å². The normalized spacial score (nSPS) is 28.4. The molecule has 2 heterocycles. The number of amides is 1. The first-order valence-electron chi connectivity index (χ1n) is 6.91. The van der Waals surface area contributed by atoms with E-state index in [9.17, 15) is 4.79 Å². The summed E-state index contributed by atoms with van der Waals surface area (Å²) in [6.07, 6.45) is 4.47. The summed E-state index contributed by atoms with van der Waals surface area (Å²) in [7, 11) is 0. The van der Waals surface area contributed by atoms with Crippen molar-refractivity contribution in [3.05, 3.63) is 0 Å². The maximum Gasteiger partial charge on any atom is 0.236 e. The number of hydrogen-bond donors (Lipinski definition) is 1. The summed E-state index contributed by atoms with van der Waals surface area (Å²) in [6.45, 7) is 6.76. The van der Waals surface area contributed by atoms with Gasteiger partial charge in [-0.1, -0.05) is 6.92 Å². The zero-order valence-electron chi connectivity index (χ0n) is 10.9. The van der Waals surface area contributed by atoms with Gasteiger partial charge in [-0.25, -0.2) is 0 Å². The maximum absolute atomic E-state index is 12.1. The van der Waals surface area contributed by atoms with Crippen LogP contribution in [0, 0.1) is 5.92 Å². The minimum absolute atomic E-state index is 0.297. The second-order valence-corrected chi connectivity index (χ2v) is 5.70. The summed E-state index contributed by atoms with van der Waals surface area (Å²) in [4.78, 5) is 16.4. The fraction of sp³-hybridized carbons (Fsp3) is 0.923. The van der Waals surface area contributed by atoms with Crippen molar-refractivity contribution in [2.45, 2.75) is 38.6 Å². The number of likely N-dealkylation sites (tertiary alicyclic amines) is 2. The van der Waals surface area contributed by atoms with Crippen LogP contribution in [-0.2, 0) is 4.79 Å². The van der Waals surface area contributed by atoms with Gasteiger partial charge in [-0.3, -0.25) is 9.69 Å². The summed E-state index contributed by atoms with van der Waals surface area (Å²) in [5, 5.41) is 0. The van der Waals surface area contributed by atoms with E-state index in [2.05, 4.69) is 11.8 Å². The highest BCUT2D eigenvalue weighted by Crippen LogP contribution is 2.16. The standard InChI is InChI=1S/C13H25N3O/c1-11-3-2-6-15(9-11)10-13(17)16-7-4-12(14)5-8-16/h11-12H,2-10,14H2,1H3. The van der Waals surface area contributed by atoms with Gasteiger partial charge in [-0.15, -0.1) is 0 Å². The molecule has 2 aliphatic heterocycles. The highest BCUT2D eigenvalue weighted by Gasteiger charge is 2.24. The zero-order valence-corrected chi connectivity index (χ0v) is 10.9. The number of hydrogen-bond acceptors (Lipinski definition) is 3. The molecule has 0 aromatic carbocycles. The molecule has 0 aromatic heterocycles. The van der Waals surface area contributed by atoms with E-state index in [-0.39, 0.29) is 0 Å². The minimum Gasteiger partial charge on any atom is -0.341 e. The predicted molar refractivity (Wildman–Crippen MR) is 68.6 cm³/mol. The molecule has 2 rings (SSSR count). The van der Waals surface area contributed by atoms with Gasteiger partial charge in [0.1, 0.15) is 0 Å². The summed E-state index contributed by atoms with van der Waals surface area (Å²) in [6, 6.07) is 0.300. The Morgan fingerprint density at radius 1 is 1.24 bits per heavy atom. The van der Waals surface area contributed by atoms with Crippen LogP contribution in [0.2, 0.25) is 0 Å². The summed E-state index contributed by atoms with van der Waals surface area (Å²) < 4.78 is 0. The second-order valence-electron chi connectivity index (χ2n) is 5.70. The average Bonchev–Trinajstić information content (AvgIpc) is 2.29. The molecule has 17 heavy (non-hydrogen) atoms. The highest BCUT2D eigenvalue weighted by atomic mass is 16.2. The Balaban J connectivity index is 1.76. The Labute approximate surface area is 104 Å². The summed E-state index contributed by atoms with van der Waals surface area (Å²) >= 11 is 0. The van der Waals surface area contributed by atoms with Crippen molar-refractivity contribution >= 4 is 5.91 Å². The van der Waals surface area contributed by atoms with E-state index >= 15 is 0 Å². The van der Waals surface area contributed by atoms with Crippen LogP contribution in [0.5, 0.6) is 0 Å². The van der Waals surface area contributed by atoms with Gasteiger partial charge >= 0.3 is 0 Å². The molecule has 2 fully saturated rings. The highest BCUT2D eigenvalue weighted by molar-refractivity contribution is 5.78. The number of carbonyl (C=O) groups is 1. The van der Waals surface area contributed by atoms with Crippen molar-refractivity contribution in [2.24, 2.45) is 11.7 Å². The topological polar surface area (TPSA) is 49.6 Å². The van der Waals surface area contributed by atoms with Gasteiger partial charge in [-0.2, -0.15) is 0 Å². The molecule has 0 bridgehead atoms. The van der Waals surface area contributed by atoms with Crippen LogP contribution in [0.4, 0.5) is 0 Å². The molecule has 4 nitrogen and oxygen atoms in total. The SMILES string of the molecule is CC1CCCN(CC(=O)N2CCC(N)CC2)C1. The van der Waals surface area contributed by atoms with Gasteiger partial charge in [0.25, 0.3) is 0 Å². The number of nitrogens with two attached hydrogens (primary N) is 1. The van der Waals surface area contributed by atoms with Gasteiger partial charge in [0.05, 0.1) is 6.54 Å². The summed E-state index contributed by atoms with van der Waals surface area (Å²) in [5.41, 5.74) is 5.85. The van der Waals surface area contributed by atoms with E-state index in [0.717, 1.165) is 44.9 Å².